The second-order valence-electron chi connectivity index (χ2n) is 10.6. The van der Waals surface area contributed by atoms with E-state index in [-0.39, 0.29) is 0 Å². The van der Waals surface area contributed by atoms with Gasteiger partial charge in [-0.2, -0.15) is 0 Å². The minimum Gasteiger partial charge on any atom is -0.455 e. The van der Waals surface area contributed by atoms with Crippen LogP contribution in [0.3, 0.4) is 0 Å². The van der Waals surface area contributed by atoms with Crippen LogP contribution in [-0.4, -0.2) is 0 Å². The highest BCUT2D eigenvalue weighted by Gasteiger charge is 2.16. The monoisotopic (exact) mass is 537 g/mol. The summed E-state index contributed by atoms with van der Waals surface area (Å²) in [6, 6.07) is 58.0. The molecule has 0 saturated carbocycles. The fourth-order valence-electron chi connectivity index (χ4n) is 5.95. The zero-order valence-corrected chi connectivity index (χ0v) is 22.9. The molecule has 2 nitrogen and oxygen atoms in total. The van der Waals surface area contributed by atoms with Gasteiger partial charge in [0.25, 0.3) is 0 Å². The van der Waals surface area contributed by atoms with Crippen LogP contribution in [0, 0.1) is 0 Å². The van der Waals surface area contributed by atoms with E-state index in [9.17, 15) is 0 Å². The Hall–Kier alpha value is -5.60. The van der Waals surface area contributed by atoms with Gasteiger partial charge in [0.2, 0.25) is 0 Å². The Balaban J connectivity index is 1.25. The number of rotatable bonds is 5. The summed E-state index contributed by atoms with van der Waals surface area (Å²) in [5.74, 6) is 0. The second-order valence-corrected chi connectivity index (χ2v) is 10.6. The molecule has 0 unspecified atom stereocenters. The van der Waals surface area contributed by atoms with Crippen LogP contribution in [0.2, 0.25) is 0 Å². The molecule has 0 saturated heterocycles. The Morgan fingerprint density at radius 3 is 1.48 bits per heavy atom. The van der Waals surface area contributed by atoms with E-state index in [1.54, 1.807) is 0 Å². The van der Waals surface area contributed by atoms with Crippen LogP contribution >= 0.6 is 0 Å². The minimum absolute atomic E-state index is 0.919. The molecule has 8 rings (SSSR count). The Labute approximate surface area is 244 Å². The van der Waals surface area contributed by atoms with E-state index in [1.807, 2.05) is 12.1 Å². The first kappa shape index (κ1) is 24.2. The zero-order chi connectivity index (χ0) is 27.9. The fraction of sp³-hybridized carbons (Fsp3) is 0. The van der Waals surface area contributed by atoms with E-state index in [4.69, 9.17) is 4.42 Å². The largest absolute Gasteiger partial charge is 0.455 e. The quantitative estimate of drug-likeness (QED) is 0.217. The molecule has 7 aromatic carbocycles. The van der Waals surface area contributed by atoms with E-state index in [0.29, 0.717) is 0 Å². The number of hydrogen-bond acceptors (Lipinski definition) is 2. The van der Waals surface area contributed by atoms with Crippen molar-refractivity contribution in [1.82, 2.24) is 0 Å². The molecule has 0 atom stereocenters. The van der Waals surface area contributed by atoms with Gasteiger partial charge in [-0.1, -0.05) is 109 Å². The molecule has 2 heteroatoms. The van der Waals surface area contributed by atoms with E-state index in [2.05, 4.69) is 157 Å². The van der Waals surface area contributed by atoms with Gasteiger partial charge >= 0.3 is 0 Å². The summed E-state index contributed by atoms with van der Waals surface area (Å²) >= 11 is 0. The van der Waals surface area contributed by atoms with Gasteiger partial charge in [-0.15, -0.1) is 0 Å². The Morgan fingerprint density at radius 2 is 0.857 bits per heavy atom. The van der Waals surface area contributed by atoms with Crippen molar-refractivity contribution in [2.24, 2.45) is 0 Å². The summed E-state index contributed by atoms with van der Waals surface area (Å²) in [6.45, 7) is 0. The van der Waals surface area contributed by atoms with Gasteiger partial charge < -0.3 is 9.32 Å². The maximum absolute atomic E-state index is 6.33. The number of para-hydroxylation sites is 1. The van der Waals surface area contributed by atoms with Crippen molar-refractivity contribution in [1.29, 1.82) is 0 Å². The van der Waals surface area contributed by atoms with Crippen molar-refractivity contribution in [3.8, 4) is 22.3 Å². The van der Waals surface area contributed by atoms with Crippen molar-refractivity contribution in [2.45, 2.75) is 0 Å². The number of nitrogens with zero attached hydrogens (tertiary/aromatic N) is 1. The molecule has 0 amide bonds. The van der Waals surface area contributed by atoms with Gasteiger partial charge in [-0.3, -0.25) is 0 Å². The lowest BCUT2D eigenvalue weighted by molar-refractivity contribution is 0.672. The summed E-state index contributed by atoms with van der Waals surface area (Å²) in [7, 11) is 0. The van der Waals surface area contributed by atoms with Crippen molar-refractivity contribution >= 4 is 49.8 Å². The van der Waals surface area contributed by atoms with Crippen molar-refractivity contribution < 1.29 is 4.42 Å². The lowest BCUT2D eigenvalue weighted by atomic mass is 10.0. The molecule has 198 valence electrons. The van der Waals surface area contributed by atoms with Crippen LogP contribution in [-0.2, 0) is 0 Å². The Bertz CT molecular complexity index is 2080. The topological polar surface area (TPSA) is 16.4 Å². The predicted molar refractivity (Wildman–Crippen MR) is 177 cm³/mol. The van der Waals surface area contributed by atoms with E-state index in [1.165, 1.54) is 22.3 Å². The second kappa shape index (κ2) is 10.1. The highest BCUT2D eigenvalue weighted by Crippen LogP contribution is 2.40. The molecule has 0 N–H and O–H groups in total. The van der Waals surface area contributed by atoms with Crippen molar-refractivity contribution in [3.05, 3.63) is 164 Å². The van der Waals surface area contributed by atoms with Gasteiger partial charge in [0.15, 0.2) is 0 Å². The lowest BCUT2D eigenvalue weighted by Gasteiger charge is -2.26. The predicted octanol–water partition coefficient (Wildman–Crippen LogP) is 11.5. The van der Waals surface area contributed by atoms with E-state index < -0.39 is 0 Å². The third-order valence-electron chi connectivity index (χ3n) is 8.07. The van der Waals surface area contributed by atoms with Crippen LogP contribution in [0.1, 0.15) is 0 Å². The number of anilines is 3. The van der Waals surface area contributed by atoms with Crippen LogP contribution in [0.25, 0.3) is 55.0 Å². The minimum atomic E-state index is 0.919. The standard InChI is InChI=1S/C40H27NO/c1-3-9-28(10-4-1)30-15-20-33(21-16-30)41(34-22-17-31(18-23-34)29-11-5-2-6-12-29)35-24-26-36-32(27-35)19-25-38-37-13-7-8-14-39(37)42-40(36)38/h1-27H. The van der Waals surface area contributed by atoms with E-state index >= 15 is 0 Å². The zero-order valence-electron chi connectivity index (χ0n) is 22.9. The molecule has 0 aliphatic heterocycles. The van der Waals surface area contributed by atoms with Gasteiger partial charge in [-0.25, -0.2) is 0 Å². The average Bonchev–Trinajstić information content (AvgIpc) is 3.45. The average molecular weight is 538 g/mol. The molecular weight excluding hydrogens is 510 g/mol. The number of hydrogen-bond donors (Lipinski definition) is 0. The summed E-state index contributed by atoms with van der Waals surface area (Å²) in [4.78, 5) is 2.33. The highest BCUT2D eigenvalue weighted by atomic mass is 16.3. The lowest BCUT2D eigenvalue weighted by Crippen LogP contribution is -2.09. The molecular formula is C40H27NO. The first-order valence-electron chi connectivity index (χ1n) is 14.3. The molecule has 0 aliphatic carbocycles. The molecule has 0 bridgehead atoms. The molecule has 0 spiro atoms. The van der Waals surface area contributed by atoms with Crippen LogP contribution in [0.4, 0.5) is 17.1 Å². The van der Waals surface area contributed by atoms with Gasteiger partial charge in [0.05, 0.1) is 0 Å². The summed E-state index contributed by atoms with van der Waals surface area (Å²) < 4.78 is 6.33. The molecule has 8 aromatic rings. The fourth-order valence-corrected chi connectivity index (χ4v) is 5.95. The maximum atomic E-state index is 6.33. The first-order chi connectivity index (χ1) is 20.8. The molecule has 1 heterocycles. The van der Waals surface area contributed by atoms with Crippen molar-refractivity contribution in [3.63, 3.8) is 0 Å². The third kappa shape index (κ3) is 4.22. The van der Waals surface area contributed by atoms with Gasteiger partial charge in [-0.05, 0) is 82.2 Å². The summed E-state index contributed by atoms with van der Waals surface area (Å²) in [5.41, 5.74) is 9.98. The molecule has 0 fully saturated rings. The van der Waals surface area contributed by atoms with Gasteiger partial charge in [0.1, 0.15) is 11.2 Å². The third-order valence-corrected chi connectivity index (χ3v) is 8.07. The Kier molecular flexibility index (Phi) is 5.82. The van der Waals surface area contributed by atoms with Crippen LogP contribution in [0.15, 0.2) is 168 Å². The number of fused-ring (bicyclic) bond motifs is 5. The van der Waals surface area contributed by atoms with E-state index in [0.717, 1.165) is 49.8 Å². The van der Waals surface area contributed by atoms with Gasteiger partial charge in [0, 0.05) is 33.2 Å². The normalized spacial score (nSPS) is 11.3. The highest BCUT2D eigenvalue weighted by molar-refractivity contribution is 6.15. The maximum Gasteiger partial charge on any atom is 0.143 e. The van der Waals surface area contributed by atoms with Crippen LogP contribution < -0.4 is 4.90 Å². The molecule has 0 radical (unpaired) electrons. The summed E-state index contributed by atoms with van der Waals surface area (Å²) in [6.07, 6.45) is 0. The molecule has 1 aromatic heterocycles. The van der Waals surface area contributed by atoms with Crippen LogP contribution in [0.5, 0.6) is 0 Å². The first-order valence-corrected chi connectivity index (χ1v) is 14.3. The van der Waals surface area contributed by atoms with Crippen molar-refractivity contribution in [2.75, 3.05) is 4.90 Å². The SMILES string of the molecule is c1ccc(-c2ccc(N(c3ccc(-c4ccccc4)cc3)c3ccc4c(ccc5c6ccccc6oc45)c3)cc2)cc1. The molecule has 0 aliphatic rings. The smallest absolute Gasteiger partial charge is 0.143 e. The summed E-state index contributed by atoms with van der Waals surface area (Å²) in [5, 5.41) is 4.56. The molecule has 42 heavy (non-hydrogen) atoms. The number of furan rings is 1. The Morgan fingerprint density at radius 1 is 0.357 bits per heavy atom. The number of benzene rings is 7.